The summed E-state index contributed by atoms with van der Waals surface area (Å²) >= 11 is 0. The molecule has 2 bridgehead atoms. The van der Waals surface area contributed by atoms with Crippen molar-refractivity contribution in [3.05, 3.63) is 35.9 Å². The molecule has 0 spiro atoms. The van der Waals surface area contributed by atoms with Crippen LogP contribution >= 0.6 is 0 Å². The van der Waals surface area contributed by atoms with Gasteiger partial charge in [0.25, 0.3) is 5.91 Å². The molecule has 4 heterocycles. The van der Waals surface area contributed by atoms with E-state index in [2.05, 4.69) is 10.6 Å². The highest BCUT2D eigenvalue weighted by Crippen LogP contribution is 2.37. The van der Waals surface area contributed by atoms with Gasteiger partial charge in [-0.05, 0) is 56.4 Å². The summed E-state index contributed by atoms with van der Waals surface area (Å²) in [6.45, 7) is 4.07. The first kappa shape index (κ1) is 25.7. The van der Waals surface area contributed by atoms with Gasteiger partial charge in [-0.15, -0.1) is 0 Å². The molecule has 4 aliphatic heterocycles. The minimum Gasteiger partial charge on any atom is -0.368 e. The van der Waals surface area contributed by atoms with Crippen molar-refractivity contribution in [1.82, 2.24) is 20.4 Å². The maximum absolute atomic E-state index is 14.1. The largest absolute Gasteiger partial charge is 0.368 e. The fourth-order valence-electron chi connectivity index (χ4n) is 6.52. The van der Waals surface area contributed by atoms with Crippen molar-refractivity contribution in [2.75, 3.05) is 26.2 Å². The van der Waals surface area contributed by atoms with Crippen LogP contribution in [0.1, 0.15) is 51.0 Å². The summed E-state index contributed by atoms with van der Waals surface area (Å²) in [5.41, 5.74) is 0.965. The lowest BCUT2D eigenvalue weighted by Gasteiger charge is -2.51. The Morgan fingerprint density at radius 3 is 2.59 bits per heavy atom. The van der Waals surface area contributed by atoms with Crippen LogP contribution in [0.3, 0.4) is 0 Å². The van der Waals surface area contributed by atoms with Crippen LogP contribution in [0, 0.1) is 11.8 Å². The monoisotopic (exact) mass is 510 g/mol. The molecule has 1 aromatic carbocycles. The third-order valence-corrected chi connectivity index (χ3v) is 8.34. The molecule has 0 unspecified atom stereocenters. The van der Waals surface area contributed by atoms with E-state index in [0.29, 0.717) is 51.9 Å². The van der Waals surface area contributed by atoms with Gasteiger partial charge in [0.05, 0.1) is 0 Å². The number of benzene rings is 1. The molecule has 0 aliphatic carbocycles. The van der Waals surface area contributed by atoms with E-state index in [1.165, 1.54) is 0 Å². The lowest BCUT2D eigenvalue weighted by Crippen LogP contribution is -2.64. The molecule has 9 heteroatoms. The predicted octanol–water partition coefficient (Wildman–Crippen LogP) is 1.26. The maximum Gasteiger partial charge on any atom is 0.251 e. The van der Waals surface area contributed by atoms with Gasteiger partial charge < -0.3 is 25.2 Å². The Bertz CT molecular complexity index is 1010. The van der Waals surface area contributed by atoms with Crippen LogP contribution < -0.4 is 10.6 Å². The fraction of sp³-hybridized carbons (Fsp3) is 0.643. The first-order chi connectivity index (χ1) is 17.9. The molecule has 1 aromatic rings. The Balaban J connectivity index is 1.40. The second-order valence-corrected chi connectivity index (χ2v) is 11.1. The Morgan fingerprint density at radius 1 is 1.03 bits per heavy atom. The molecule has 0 aromatic heterocycles. The number of fused-ring (bicyclic) bond motifs is 4. The SMILES string of the molecule is C[C@H]1NC(=O)CCC[C@H]2[C@@H]3C[C@@H](CN(C(=O)[C@H]4CCCO4)C3)CN2C(=O)[C@H](Cc2ccccc2)NC1=O. The maximum atomic E-state index is 14.1. The minimum atomic E-state index is -0.723. The Labute approximate surface area is 218 Å². The van der Waals surface area contributed by atoms with Crippen LogP contribution in [-0.2, 0) is 30.3 Å². The number of likely N-dealkylation sites (tertiary alicyclic amines) is 1. The quantitative estimate of drug-likeness (QED) is 0.637. The van der Waals surface area contributed by atoms with Gasteiger partial charge in [0.15, 0.2) is 0 Å². The van der Waals surface area contributed by atoms with Crippen molar-refractivity contribution in [2.45, 2.75) is 76.1 Å². The third-order valence-electron chi connectivity index (χ3n) is 8.34. The molecule has 37 heavy (non-hydrogen) atoms. The van der Waals surface area contributed by atoms with E-state index >= 15 is 0 Å². The van der Waals surface area contributed by atoms with E-state index in [0.717, 1.165) is 24.8 Å². The smallest absolute Gasteiger partial charge is 0.251 e. The van der Waals surface area contributed by atoms with E-state index < -0.39 is 12.1 Å². The number of carbonyl (C=O) groups is 4. The van der Waals surface area contributed by atoms with Gasteiger partial charge >= 0.3 is 0 Å². The number of nitrogens with one attached hydrogen (secondary N) is 2. The molecule has 5 rings (SSSR count). The Morgan fingerprint density at radius 2 is 1.84 bits per heavy atom. The molecular formula is C28H38N4O5. The highest BCUT2D eigenvalue weighted by Gasteiger charge is 2.46. The number of ether oxygens (including phenoxy) is 1. The summed E-state index contributed by atoms with van der Waals surface area (Å²) in [6.07, 6.45) is 4.31. The standard InChI is InChI=1S/C28H38N4O5/c1-18-26(34)30-22(14-19-7-3-2-4-8-19)27(35)32-16-20-13-21(23(32)9-5-11-25(33)29-18)17-31(15-20)28(36)24-10-6-12-37-24/h2-4,7-8,18,20-24H,5-6,9-17H2,1H3,(H,29,33)(H,30,34)/t18-,20+,21-,22+,23+,24-/m1/s1. The van der Waals surface area contributed by atoms with Crippen molar-refractivity contribution in [3.63, 3.8) is 0 Å². The second-order valence-electron chi connectivity index (χ2n) is 11.1. The molecule has 200 valence electrons. The zero-order chi connectivity index (χ0) is 25.9. The molecule has 4 aliphatic rings. The van der Waals surface area contributed by atoms with Crippen LogP contribution in [0.5, 0.6) is 0 Å². The van der Waals surface area contributed by atoms with E-state index in [1.54, 1.807) is 6.92 Å². The number of carbonyl (C=O) groups excluding carboxylic acids is 4. The van der Waals surface area contributed by atoms with Crippen LogP contribution in [0.2, 0.25) is 0 Å². The van der Waals surface area contributed by atoms with Gasteiger partial charge in [-0.1, -0.05) is 30.3 Å². The zero-order valence-corrected chi connectivity index (χ0v) is 21.6. The van der Waals surface area contributed by atoms with Crippen molar-refractivity contribution in [3.8, 4) is 0 Å². The van der Waals surface area contributed by atoms with Crippen molar-refractivity contribution in [2.24, 2.45) is 11.8 Å². The summed E-state index contributed by atoms with van der Waals surface area (Å²) in [5.74, 6) is -0.191. The van der Waals surface area contributed by atoms with Crippen LogP contribution in [0.25, 0.3) is 0 Å². The number of piperidine rings is 2. The van der Waals surface area contributed by atoms with E-state index in [9.17, 15) is 19.2 Å². The van der Waals surface area contributed by atoms with Gasteiger partial charge in [0, 0.05) is 45.1 Å². The molecule has 4 saturated heterocycles. The molecule has 0 saturated carbocycles. The van der Waals surface area contributed by atoms with E-state index in [4.69, 9.17) is 4.74 Å². The third kappa shape index (κ3) is 5.81. The average molecular weight is 511 g/mol. The van der Waals surface area contributed by atoms with Crippen LogP contribution in [0.4, 0.5) is 0 Å². The normalized spacial score (nSPS) is 33.1. The topological polar surface area (TPSA) is 108 Å². The Kier molecular flexibility index (Phi) is 7.79. The first-order valence-electron chi connectivity index (χ1n) is 13.7. The van der Waals surface area contributed by atoms with Gasteiger partial charge in [0.1, 0.15) is 18.2 Å². The number of amides is 4. The van der Waals surface area contributed by atoms with Gasteiger partial charge in [0.2, 0.25) is 17.7 Å². The molecule has 0 radical (unpaired) electrons. The Hall–Kier alpha value is -2.94. The minimum absolute atomic E-state index is 0.0720. The predicted molar refractivity (Wildman–Crippen MR) is 136 cm³/mol. The average Bonchev–Trinajstić information content (AvgIpc) is 3.43. The van der Waals surface area contributed by atoms with Crippen LogP contribution in [0.15, 0.2) is 30.3 Å². The van der Waals surface area contributed by atoms with Crippen molar-refractivity contribution in [1.29, 1.82) is 0 Å². The van der Waals surface area contributed by atoms with Crippen LogP contribution in [-0.4, -0.2) is 83.9 Å². The van der Waals surface area contributed by atoms with Gasteiger partial charge in [-0.2, -0.15) is 0 Å². The summed E-state index contributed by atoms with van der Waals surface area (Å²) in [4.78, 5) is 56.6. The lowest BCUT2D eigenvalue weighted by atomic mass is 9.77. The molecule has 4 fully saturated rings. The molecular weight excluding hydrogens is 472 g/mol. The second kappa shape index (κ2) is 11.2. The lowest BCUT2D eigenvalue weighted by molar-refractivity contribution is -0.152. The highest BCUT2D eigenvalue weighted by molar-refractivity contribution is 5.92. The fourth-order valence-corrected chi connectivity index (χ4v) is 6.52. The molecule has 2 N–H and O–H groups in total. The zero-order valence-electron chi connectivity index (χ0n) is 21.6. The van der Waals surface area contributed by atoms with Gasteiger partial charge in [-0.3, -0.25) is 19.2 Å². The first-order valence-corrected chi connectivity index (χ1v) is 13.7. The number of hydrogen-bond donors (Lipinski definition) is 2. The van der Waals surface area contributed by atoms with E-state index in [-0.39, 0.29) is 47.6 Å². The summed E-state index contributed by atoms with van der Waals surface area (Å²) in [6, 6.07) is 8.17. The van der Waals surface area contributed by atoms with E-state index in [1.807, 2.05) is 40.1 Å². The van der Waals surface area contributed by atoms with Crippen molar-refractivity contribution >= 4 is 23.6 Å². The summed E-state index contributed by atoms with van der Waals surface area (Å²) < 4.78 is 5.67. The molecule has 4 amide bonds. The van der Waals surface area contributed by atoms with Crippen molar-refractivity contribution < 1.29 is 23.9 Å². The summed E-state index contributed by atoms with van der Waals surface area (Å²) in [7, 11) is 0. The molecule has 6 atom stereocenters. The van der Waals surface area contributed by atoms with Gasteiger partial charge in [-0.25, -0.2) is 0 Å². The number of nitrogens with zero attached hydrogens (tertiary/aromatic N) is 2. The highest BCUT2D eigenvalue weighted by atomic mass is 16.5. The summed E-state index contributed by atoms with van der Waals surface area (Å²) in [5, 5.41) is 5.71. The number of rotatable bonds is 3. The molecule has 9 nitrogen and oxygen atoms in total. The number of hydrogen-bond acceptors (Lipinski definition) is 5.